The van der Waals surface area contributed by atoms with Gasteiger partial charge in [-0.25, -0.2) is 9.59 Å². The Balaban J connectivity index is 2.76. The van der Waals surface area contributed by atoms with E-state index < -0.39 is 18.0 Å². The second kappa shape index (κ2) is 7.63. The van der Waals surface area contributed by atoms with Gasteiger partial charge in [-0.05, 0) is 18.2 Å². The molecule has 0 unspecified atom stereocenters. The van der Waals surface area contributed by atoms with E-state index in [9.17, 15) is 14.4 Å². The Labute approximate surface area is 130 Å². The standard InChI is InChI=1S/C13H15BrN2O5/c1-16(6-5-11(17)21-2)13(20)15-10-7-8(14)3-4-9(10)12(18)19/h3-4,7H,5-6H2,1-2H3,(H,15,20)(H,18,19). The van der Waals surface area contributed by atoms with Crippen molar-refractivity contribution < 1.29 is 24.2 Å². The molecule has 0 atom stereocenters. The summed E-state index contributed by atoms with van der Waals surface area (Å²) in [5.74, 6) is -1.57. The summed E-state index contributed by atoms with van der Waals surface area (Å²) in [6.45, 7) is 0.162. The number of halogens is 1. The molecule has 0 aliphatic carbocycles. The van der Waals surface area contributed by atoms with Crippen molar-refractivity contribution in [3.05, 3.63) is 28.2 Å². The van der Waals surface area contributed by atoms with E-state index in [1.807, 2.05) is 0 Å². The van der Waals surface area contributed by atoms with Crippen LogP contribution in [-0.4, -0.2) is 48.7 Å². The summed E-state index contributed by atoms with van der Waals surface area (Å²) >= 11 is 3.21. The minimum Gasteiger partial charge on any atom is -0.478 e. The van der Waals surface area contributed by atoms with Crippen molar-refractivity contribution in [1.29, 1.82) is 0 Å². The molecular formula is C13H15BrN2O5. The number of rotatable bonds is 5. The smallest absolute Gasteiger partial charge is 0.337 e. The number of benzene rings is 1. The zero-order valence-electron chi connectivity index (χ0n) is 11.6. The molecule has 8 heteroatoms. The van der Waals surface area contributed by atoms with Crippen LogP contribution in [0.3, 0.4) is 0 Å². The molecule has 0 aliphatic heterocycles. The third-order valence-electron chi connectivity index (χ3n) is 2.68. The lowest BCUT2D eigenvalue weighted by atomic mass is 10.2. The van der Waals surface area contributed by atoms with Crippen molar-refractivity contribution in [2.75, 3.05) is 26.0 Å². The van der Waals surface area contributed by atoms with Gasteiger partial charge in [0.1, 0.15) is 0 Å². The van der Waals surface area contributed by atoms with Gasteiger partial charge in [0.25, 0.3) is 0 Å². The number of nitrogens with one attached hydrogen (secondary N) is 1. The van der Waals surface area contributed by atoms with Crippen LogP contribution in [-0.2, 0) is 9.53 Å². The number of carbonyl (C=O) groups is 3. The van der Waals surface area contributed by atoms with E-state index in [1.165, 1.54) is 31.2 Å². The monoisotopic (exact) mass is 358 g/mol. The average molecular weight is 359 g/mol. The maximum Gasteiger partial charge on any atom is 0.337 e. The molecule has 0 radical (unpaired) electrons. The fourth-order valence-corrected chi connectivity index (χ4v) is 1.84. The van der Waals surface area contributed by atoms with Crippen molar-refractivity contribution >= 4 is 39.6 Å². The Kier molecular flexibility index (Phi) is 6.16. The topological polar surface area (TPSA) is 95.9 Å². The van der Waals surface area contributed by atoms with Crippen molar-refractivity contribution in [3.63, 3.8) is 0 Å². The van der Waals surface area contributed by atoms with Gasteiger partial charge < -0.3 is 20.1 Å². The van der Waals surface area contributed by atoms with Gasteiger partial charge in [-0.15, -0.1) is 0 Å². The van der Waals surface area contributed by atoms with Crippen LogP contribution in [0.1, 0.15) is 16.8 Å². The molecule has 0 heterocycles. The van der Waals surface area contributed by atoms with Gasteiger partial charge in [-0.2, -0.15) is 0 Å². The molecule has 1 aromatic carbocycles. The quantitative estimate of drug-likeness (QED) is 0.786. The number of urea groups is 1. The SMILES string of the molecule is COC(=O)CCN(C)C(=O)Nc1cc(Br)ccc1C(=O)O. The van der Waals surface area contributed by atoms with Crippen molar-refractivity contribution in [1.82, 2.24) is 4.90 Å². The summed E-state index contributed by atoms with van der Waals surface area (Å²) in [5.41, 5.74) is 0.153. The molecule has 0 spiro atoms. The van der Waals surface area contributed by atoms with Gasteiger partial charge in [0.05, 0.1) is 24.8 Å². The minimum atomic E-state index is -1.14. The predicted octanol–water partition coefficient (Wildman–Crippen LogP) is 2.17. The normalized spacial score (nSPS) is 9.86. The zero-order chi connectivity index (χ0) is 16.0. The Morgan fingerprint density at radius 3 is 2.62 bits per heavy atom. The van der Waals surface area contributed by atoms with Gasteiger partial charge in [0, 0.05) is 18.1 Å². The second-order valence-electron chi connectivity index (χ2n) is 4.17. The van der Waals surface area contributed by atoms with Crippen molar-refractivity contribution in [2.24, 2.45) is 0 Å². The van der Waals surface area contributed by atoms with Gasteiger partial charge in [-0.1, -0.05) is 15.9 Å². The van der Waals surface area contributed by atoms with Crippen molar-refractivity contribution in [2.45, 2.75) is 6.42 Å². The van der Waals surface area contributed by atoms with Crippen LogP contribution in [0.15, 0.2) is 22.7 Å². The number of nitrogens with zero attached hydrogens (tertiary/aromatic N) is 1. The Bertz CT molecular complexity index is 561. The summed E-state index contributed by atoms with van der Waals surface area (Å²) in [6, 6.07) is 3.94. The number of esters is 1. The molecule has 2 N–H and O–H groups in total. The molecule has 0 aromatic heterocycles. The zero-order valence-corrected chi connectivity index (χ0v) is 13.1. The van der Waals surface area contributed by atoms with Crippen LogP contribution in [0.5, 0.6) is 0 Å². The van der Waals surface area contributed by atoms with E-state index in [0.717, 1.165) is 0 Å². The van der Waals surface area contributed by atoms with E-state index in [-0.39, 0.29) is 24.2 Å². The summed E-state index contributed by atoms with van der Waals surface area (Å²) < 4.78 is 5.12. The maximum absolute atomic E-state index is 12.0. The highest BCUT2D eigenvalue weighted by atomic mass is 79.9. The number of methoxy groups -OCH3 is 1. The van der Waals surface area contributed by atoms with E-state index in [0.29, 0.717) is 4.47 Å². The number of ether oxygens (including phenoxy) is 1. The predicted molar refractivity (Wildman–Crippen MR) is 79.4 cm³/mol. The molecule has 1 rings (SSSR count). The number of aromatic carboxylic acids is 1. The first-order chi connectivity index (χ1) is 9.85. The largest absolute Gasteiger partial charge is 0.478 e. The van der Waals surface area contributed by atoms with E-state index in [1.54, 1.807) is 6.07 Å². The van der Waals surface area contributed by atoms with E-state index >= 15 is 0 Å². The minimum absolute atomic E-state index is 0.0204. The molecule has 0 saturated carbocycles. The molecule has 0 bridgehead atoms. The molecule has 21 heavy (non-hydrogen) atoms. The summed E-state index contributed by atoms with van der Waals surface area (Å²) in [4.78, 5) is 35.3. The molecular weight excluding hydrogens is 344 g/mol. The average Bonchev–Trinajstić information content (AvgIpc) is 2.43. The number of carboxylic acids is 1. The van der Waals surface area contributed by atoms with Crippen LogP contribution in [0, 0.1) is 0 Å². The second-order valence-corrected chi connectivity index (χ2v) is 5.09. The first-order valence-electron chi connectivity index (χ1n) is 5.97. The Morgan fingerprint density at radius 1 is 1.38 bits per heavy atom. The number of anilines is 1. The number of amides is 2. The van der Waals surface area contributed by atoms with Crippen LogP contribution in [0.2, 0.25) is 0 Å². The summed E-state index contributed by atoms with van der Waals surface area (Å²) in [5, 5.41) is 11.6. The lowest BCUT2D eigenvalue weighted by Gasteiger charge is -2.18. The van der Waals surface area contributed by atoms with Gasteiger partial charge >= 0.3 is 18.0 Å². The Morgan fingerprint density at radius 2 is 2.05 bits per heavy atom. The fourth-order valence-electron chi connectivity index (χ4n) is 1.48. The molecule has 2 amide bonds. The summed E-state index contributed by atoms with van der Waals surface area (Å²) in [7, 11) is 2.76. The number of carbonyl (C=O) groups excluding carboxylic acids is 2. The van der Waals surface area contributed by atoms with Crippen LogP contribution in [0.25, 0.3) is 0 Å². The highest BCUT2D eigenvalue weighted by molar-refractivity contribution is 9.10. The van der Waals surface area contributed by atoms with Crippen LogP contribution in [0.4, 0.5) is 10.5 Å². The first kappa shape index (κ1) is 17.0. The third kappa shape index (κ3) is 5.07. The van der Waals surface area contributed by atoms with Crippen molar-refractivity contribution in [3.8, 4) is 0 Å². The lowest BCUT2D eigenvalue weighted by Crippen LogP contribution is -2.33. The molecule has 0 aliphatic rings. The van der Waals surface area contributed by atoms with Gasteiger partial charge in [0.2, 0.25) is 0 Å². The molecule has 0 saturated heterocycles. The first-order valence-corrected chi connectivity index (χ1v) is 6.76. The number of hydrogen-bond acceptors (Lipinski definition) is 4. The lowest BCUT2D eigenvalue weighted by molar-refractivity contribution is -0.140. The highest BCUT2D eigenvalue weighted by Gasteiger charge is 2.16. The number of carboxylic acid groups (broad SMARTS) is 1. The van der Waals surface area contributed by atoms with Gasteiger partial charge in [0.15, 0.2) is 0 Å². The highest BCUT2D eigenvalue weighted by Crippen LogP contribution is 2.21. The molecule has 0 fully saturated rings. The third-order valence-corrected chi connectivity index (χ3v) is 3.17. The van der Waals surface area contributed by atoms with Gasteiger partial charge in [-0.3, -0.25) is 4.79 Å². The molecule has 1 aromatic rings. The maximum atomic E-state index is 12.0. The number of hydrogen-bond donors (Lipinski definition) is 2. The van der Waals surface area contributed by atoms with E-state index in [4.69, 9.17) is 5.11 Å². The van der Waals surface area contributed by atoms with Crippen LogP contribution >= 0.6 is 15.9 Å². The van der Waals surface area contributed by atoms with E-state index in [2.05, 4.69) is 26.0 Å². The summed E-state index contributed by atoms with van der Waals surface area (Å²) in [6.07, 6.45) is 0.0602. The Hall–Kier alpha value is -2.09. The van der Waals surface area contributed by atoms with Crippen LogP contribution < -0.4 is 5.32 Å². The molecule has 7 nitrogen and oxygen atoms in total. The molecule has 114 valence electrons. The fraction of sp³-hybridized carbons (Fsp3) is 0.308.